The van der Waals surface area contributed by atoms with Crippen LogP contribution < -0.4 is 0 Å². The molecular formula is C12H21N. The standard InChI is InChI=1S/C12H21N/c1-4-9-13(10-5-1)11-8-12-6-2-3-7-12/h8H,1-7,9-11H2. The third-order valence-electron chi connectivity index (χ3n) is 3.33. The van der Waals surface area contributed by atoms with Crippen molar-refractivity contribution in [3.8, 4) is 0 Å². The minimum absolute atomic E-state index is 1.23. The third-order valence-corrected chi connectivity index (χ3v) is 3.33. The Balaban J connectivity index is 1.73. The lowest BCUT2D eigenvalue weighted by Crippen LogP contribution is -2.29. The van der Waals surface area contributed by atoms with E-state index in [1.54, 1.807) is 5.57 Å². The van der Waals surface area contributed by atoms with Crippen molar-refractivity contribution >= 4 is 0 Å². The maximum Gasteiger partial charge on any atom is 0.0165 e. The van der Waals surface area contributed by atoms with E-state index in [1.165, 1.54) is 64.6 Å². The van der Waals surface area contributed by atoms with E-state index in [2.05, 4.69) is 11.0 Å². The Hall–Kier alpha value is -0.300. The zero-order valence-corrected chi connectivity index (χ0v) is 8.60. The number of rotatable bonds is 2. The van der Waals surface area contributed by atoms with Crippen molar-refractivity contribution in [2.24, 2.45) is 0 Å². The number of nitrogens with zero attached hydrogens (tertiary/aromatic N) is 1. The predicted molar refractivity (Wildman–Crippen MR) is 56.8 cm³/mol. The highest BCUT2D eigenvalue weighted by Gasteiger charge is 2.10. The number of hydrogen-bond donors (Lipinski definition) is 0. The number of piperidine rings is 1. The summed E-state index contributed by atoms with van der Waals surface area (Å²) in [5.74, 6) is 0. The summed E-state index contributed by atoms with van der Waals surface area (Å²) in [6.45, 7) is 3.91. The van der Waals surface area contributed by atoms with Gasteiger partial charge < -0.3 is 0 Å². The molecule has 0 bridgehead atoms. The van der Waals surface area contributed by atoms with Crippen LogP contribution in [0.15, 0.2) is 11.6 Å². The van der Waals surface area contributed by atoms with Gasteiger partial charge in [0.1, 0.15) is 0 Å². The van der Waals surface area contributed by atoms with Gasteiger partial charge in [0.15, 0.2) is 0 Å². The molecule has 1 saturated heterocycles. The average Bonchev–Trinajstić information content (AvgIpc) is 2.69. The van der Waals surface area contributed by atoms with Gasteiger partial charge in [-0.05, 0) is 51.6 Å². The molecule has 13 heavy (non-hydrogen) atoms. The van der Waals surface area contributed by atoms with Gasteiger partial charge in [-0.3, -0.25) is 4.90 Å². The molecule has 2 aliphatic rings. The molecule has 0 N–H and O–H groups in total. The minimum atomic E-state index is 1.23. The summed E-state index contributed by atoms with van der Waals surface area (Å²) in [6, 6.07) is 0. The third kappa shape index (κ3) is 2.84. The van der Waals surface area contributed by atoms with E-state index in [9.17, 15) is 0 Å². The second-order valence-corrected chi connectivity index (χ2v) is 4.43. The molecule has 1 heterocycles. The second kappa shape index (κ2) is 4.80. The quantitative estimate of drug-likeness (QED) is 0.589. The fourth-order valence-corrected chi connectivity index (χ4v) is 2.43. The van der Waals surface area contributed by atoms with Crippen LogP contribution in [0.1, 0.15) is 44.9 Å². The minimum Gasteiger partial charge on any atom is -0.300 e. The summed E-state index contributed by atoms with van der Waals surface area (Å²) in [5, 5.41) is 0. The number of likely N-dealkylation sites (tertiary alicyclic amines) is 1. The van der Waals surface area contributed by atoms with Crippen molar-refractivity contribution in [3.05, 3.63) is 11.6 Å². The Bertz CT molecular complexity index is 170. The molecule has 0 aromatic heterocycles. The highest BCUT2D eigenvalue weighted by atomic mass is 15.1. The first-order valence-corrected chi connectivity index (χ1v) is 5.85. The van der Waals surface area contributed by atoms with E-state index in [0.29, 0.717) is 0 Å². The topological polar surface area (TPSA) is 3.24 Å². The van der Waals surface area contributed by atoms with Crippen LogP contribution in [0, 0.1) is 0 Å². The van der Waals surface area contributed by atoms with Crippen molar-refractivity contribution in [2.45, 2.75) is 44.9 Å². The van der Waals surface area contributed by atoms with Crippen molar-refractivity contribution in [1.82, 2.24) is 4.90 Å². The fraction of sp³-hybridized carbons (Fsp3) is 0.833. The summed E-state index contributed by atoms with van der Waals surface area (Å²) >= 11 is 0. The molecule has 1 saturated carbocycles. The molecule has 2 fully saturated rings. The van der Waals surface area contributed by atoms with Gasteiger partial charge in [-0.25, -0.2) is 0 Å². The maximum absolute atomic E-state index is 2.61. The van der Waals surface area contributed by atoms with Gasteiger partial charge >= 0.3 is 0 Å². The molecule has 1 heteroatoms. The zero-order chi connectivity index (χ0) is 8.93. The van der Waals surface area contributed by atoms with Crippen LogP contribution in [0.2, 0.25) is 0 Å². The molecule has 74 valence electrons. The summed E-state index contributed by atoms with van der Waals surface area (Å²) in [5.41, 5.74) is 1.73. The van der Waals surface area contributed by atoms with Gasteiger partial charge in [0.2, 0.25) is 0 Å². The summed E-state index contributed by atoms with van der Waals surface area (Å²) in [7, 11) is 0. The molecule has 0 aromatic carbocycles. The molecule has 1 aliphatic carbocycles. The molecule has 0 atom stereocenters. The largest absolute Gasteiger partial charge is 0.300 e. The van der Waals surface area contributed by atoms with Crippen molar-refractivity contribution in [2.75, 3.05) is 19.6 Å². The SMILES string of the molecule is C(CN1CCCCC1)=C1CCCC1. The smallest absolute Gasteiger partial charge is 0.0165 e. The first-order valence-electron chi connectivity index (χ1n) is 5.85. The Labute approximate surface area is 81.8 Å². The molecule has 0 aromatic rings. The molecule has 0 radical (unpaired) electrons. The monoisotopic (exact) mass is 179 g/mol. The molecule has 2 rings (SSSR count). The van der Waals surface area contributed by atoms with Crippen LogP contribution >= 0.6 is 0 Å². The van der Waals surface area contributed by atoms with E-state index < -0.39 is 0 Å². The molecule has 0 amide bonds. The van der Waals surface area contributed by atoms with E-state index in [1.807, 2.05) is 0 Å². The Morgan fingerprint density at radius 3 is 2.31 bits per heavy atom. The predicted octanol–water partition coefficient (Wildman–Crippen LogP) is 2.97. The highest BCUT2D eigenvalue weighted by molar-refractivity contribution is 5.06. The van der Waals surface area contributed by atoms with E-state index in [4.69, 9.17) is 0 Å². The Morgan fingerprint density at radius 1 is 0.923 bits per heavy atom. The van der Waals surface area contributed by atoms with Crippen molar-refractivity contribution in [3.63, 3.8) is 0 Å². The lowest BCUT2D eigenvalue weighted by molar-refractivity contribution is 0.251. The molecule has 1 nitrogen and oxygen atoms in total. The van der Waals surface area contributed by atoms with Gasteiger partial charge in [-0.2, -0.15) is 0 Å². The lowest BCUT2D eigenvalue weighted by atomic mass is 10.1. The van der Waals surface area contributed by atoms with Crippen LogP contribution in [-0.2, 0) is 0 Å². The fourth-order valence-electron chi connectivity index (χ4n) is 2.43. The van der Waals surface area contributed by atoms with Crippen LogP contribution in [0.5, 0.6) is 0 Å². The highest BCUT2D eigenvalue weighted by Crippen LogP contribution is 2.23. The first-order chi connectivity index (χ1) is 6.45. The molecule has 1 aliphatic heterocycles. The number of allylic oxidation sites excluding steroid dienone is 1. The van der Waals surface area contributed by atoms with E-state index in [-0.39, 0.29) is 0 Å². The molecule has 0 spiro atoms. The summed E-state index contributed by atoms with van der Waals surface area (Å²) in [6.07, 6.45) is 12.4. The normalized spacial score (nSPS) is 25.1. The van der Waals surface area contributed by atoms with Gasteiger partial charge in [-0.1, -0.05) is 18.1 Å². The number of hydrogen-bond acceptors (Lipinski definition) is 1. The van der Waals surface area contributed by atoms with E-state index in [0.717, 1.165) is 0 Å². The molecular weight excluding hydrogens is 158 g/mol. The lowest BCUT2D eigenvalue weighted by Gasteiger charge is -2.25. The summed E-state index contributed by atoms with van der Waals surface area (Å²) < 4.78 is 0. The zero-order valence-electron chi connectivity index (χ0n) is 8.60. The maximum atomic E-state index is 2.61. The van der Waals surface area contributed by atoms with Crippen LogP contribution in [0.4, 0.5) is 0 Å². The van der Waals surface area contributed by atoms with E-state index >= 15 is 0 Å². The second-order valence-electron chi connectivity index (χ2n) is 4.43. The summed E-state index contributed by atoms with van der Waals surface area (Å²) in [4.78, 5) is 2.61. The van der Waals surface area contributed by atoms with Gasteiger partial charge in [0, 0.05) is 6.54 Å². The van der Waals surface area contributed by atoms with Gasteiger partial charge in [0.25, 0.3) is 0 Å². The first kappa shape index (κ1) is 9.26. The van der Waals surface area contributed by atoms with Crippen LogP contribution in [-0.4, -0.2) is 24.5 Å². The Kier molecular flexibility index (Phi) is 3.42. The van der Waals surface area contributed by atoms with Crippen LogP contribution in [0.25, 0.3) is 0 Å². The Morgan fingerprint density at radius 2 is 1.62 bits per heavy atom. The van der Waals surface area contributed by atoms with Crippen molar-refractivity contribution < 1.29 is 0 Å². The van der Waals surface area contributed by atoms with Crippen molar-refractivity contribution in [1.29, 1.82) is 0 Å². The van der Waals surface area contributed by atoms with Crippen LogP contribution in [0.3, 0.4) is 0 Å². The van der Waals surface area contributed by atoms with Gasteiger partial charge in [-0.15, -0.1) is 0 Å². The average molecular weight is 179 g/mol. The molecule has 0 unspecified atom stereocenters. The van der Waals surface area contributed by atoms with Gasteiger partial charge in [0.05, 0.1) is 0 Å².